The van der Waals surface area contributed by atoms with Gasteiger partial charge < -0.3 is 15.2 Å². The van der Waals surface area contributed by atoms with Gasteiger partial charge in [-0.05, 0) is 43.2 Å². The van der Waals surface area contributed by atoms with E-state index in [9.17, 15) is 15.0 Å². The van der Waals surface area contributed by atoms with Crippen LogP contribution in [-0.2, 0) is 10.4 Å². The fourth-order valence-electron chi connectivity index (χ4n) is 3.41. The lowest BCUT2D eigenvalue weighted by atomic mass is 9.85. The molecule has 4 aromatic rings. The van der Waals surface area contributed by atoms with Crippen molar-refractivity contribution < 1.29 is 15.0 Å². The molecule has 7 heteroatoms. The number of hydrogen-bond acceptors (Lipinski definition) is 4. The number of benzene rings is 3. The second-order valence-electron chi connectivity index (χ2n) is 7.46. The molecule has 0 fully saturated rings. The molecule has 1 heterocycles. The van der Waals surface area contributed by atoms with Gasteiger partial charge in [-0.3, -0.25) is 4.79 Å². The number of azo groups is 1. The molecule has 0 spiro atoms. The first kappa shape index (κ1) is 21.0. The van der Waals surface area contributed by atoms with Crippen LogP contribution >= 0.6 is 15.9 Å². The standard InChI is InChI=1S/C24H20BrN3O3/c1-14-3-7-16(8-4-14)24(31,17-9-5-15(2)6-10-17)23(30)28-27-21-19-13-18(25)11-12-20(19)26-22(21)29/h3-13,26,29,31H,1-2H3. The lowest BCUT2D eigenvalue weighted by Gasteiger charge is -2.25. The van der Waals surface area contributed by atoms with Crippen LogP contribution in [0.3, 0.4) is 0 Å². The molecule has 3 N–H and O–H groups in total. The SMILES string of the molecule is Cc1ccc(C(O)(C(=O)N=Nc2c(O)[nH]c3ccc(Br)cc23)c2ccc(C)cc2)cc1. The highest BCUT2D eigenvalue weighted by Gasteiger charge is 2.40. The zero-order chi connectivity index (χ0) is 22.2. The van der Waals surface area contributed by atoms with Crippen LogP contribution in [-0.4, -0.2) is 21.1 Å². The Labute approximate surface area is 187 Å². The number of aryl methyl sites for hydroxylation is 2. The number of H-pyrrole nitrogens is 1. The van der Waals surface area contributed by atoms with E-state index >= 15 is 0 Å². The first-order valence-electron chi connectivity index (χ1n) is 9.62. The number of aromatic amines is 1. The van der Waals surface area contributed by atoms with Gasteiger partial charge in [-0.1, -0.05) is 75.6 Å². The zero-order valence-electron chi connectivity index (χ0n) is 16.9. The number of amides is 1. The van der Waals surface area contributed by atoms with Crippen molar-refractivity contribution in [3.8, 4) is 5.88 Å². The molecule has 6 nitrogen and oxygen atoms in total. The van der Waals surface area contributed by atoms with Crippen LogP contribution in [0.1, 0.15) is 22.3 Å². The fraction of sp³-hybridized carbons (Fsp3) is 0.125. The van der Waals surface area contributed by atoms with Gasteiger partial charge in [0.1, 0.15) is 0 Å². The zero-order valence-corrected chi connectivity index (χ0v) is 18.5. The number of rotatable bonds is 4. The first-order chi connectivity index (χ1) is 14.8. The largest absolute Gasteiger partial charge is 0.493 e. The molecular formula is C24H20BrN3O3. The van der Waals surface area contributed by atoms with Crippen LogP contribution in [0.2, 0.25) is 0 Å². The van der Waals surface area contributed by atoms with E-state index in [4.69, 9.17) is 0 Å². The number of halogens is 1. The van der Waals surface area contributed by atoms with E-state index in [-0.39, 0.29) is 11.6 Å². The summed E-state index contributed by atoms with van der Waals surface area (Å²) in [4.78, 5) is 16.0. The van der Waals surface area contributed by atoms with Gasteiger partial charge in [-0.25, -0.2) is 0 Å². The van der Waals surface area contributed by atoms with Gasteiger partial charge in [0.05, 0.1) is 5.52 Å². The molecular weight excluding hydrogens is 458 g/mol. The highest BCUT2D eigenvalue weighted by molar-refractivity contribution is 9.10. The molecule has 156 valence electrons. The van der Waals surface area contributed by atoms with E-state index in [1.165, 1.54) is 0 Å². The maximum absolute atomic E-state index is 13.2. The number of hydrogen-bond donors (Lipinski definition) is 3. The van der Waals surface area contributed by atoms with Gasteiger partial charge in [0.25, 0.3) is 0 Å². The maximum atomic E-state index is 13.2. The minimum atomic E-state index is -2.02. The van der Waals surface area contributed by atoms with Crippen LogP contribution < -0.4 is 0 Å². The smallest absolute Gasteiger partial charge is 0.305 e. The minimum Gasteiger partial charge on any atom is -0.493 e. The van der Waals surface area contributed by atoms with E-state index in [0.29, 0.717) is 22.0 Å². The quantitative estimate of drug-likeness (QED) is 0.324. The normalized spacial score (nSPS) is 12.0. The molecule has 0 aliphatic carbocycles. The molecule has 0 radical (unpaired) electrons. The fourth-order valence-corrected chi connectivity index (χ4v) is 3.77. The summed E-state index contributed by atoms with van der Waals surface area (Å²) in [5.41, 5.74) is 1.52. The van der Waals surface area contributed by atoms with E-state index in [1.54, 1.807) is 36.4 Å². The second kappa shape index (κ2) is 8.09. The van der Waals surface area contributed by atoms with Crippen molar-refractivity contribution >= 4 is 38.4 Å². The predicted octanol–water partition coefficient (Wildman–Crippen LogP) is 5.80. The van der Waals surface area contributed by atoms with E-state index in [0.717, 1.165) is 15.6 Å². The molecule has 0 bridgehead atoms. The summed E-state index contributed by atoms with van der Waals surface area (Å²) in [7, 11) is 0. The summed E-state index contributed by atoms with van der Waals surface area (Å²) in [6.45, 7) is 3.85. The molecule has 0 unspecified atom stereocenters. The molecule has 1 aromatic heterocycles. The summed E-state index contributed by atoms with van der Waals surface area (Å²) in [6, 6.07) is 19.4. The van der Waals surface area contributed by atoms with Crippen molar-refractivity contribution in [2.75, 3.05) is 0 Å². The van der Waals surface area contributed by atoms with Crippen LogP contribution in [0.25, 0.3) is 10.9 Å². The average Bonchev–Trinajstić information content (AvgIpc) is 3.06. The van der Waals surface area contributed by atoms with Crippen LogP contribution in [0.4, 0.5) is 5.69 Å². The Balaban J connectivity index is 1.80. The number of carbonyl (C=O) groups is 1. The third-order valence-corrected chi connectivity index (χ3v) is 5.70. The third-order valence-electron chi connectivity index (χ3n) is 5.20. The molecule has 0 saturated carbocycles. The summed E-state index contributed by atoms with van der Waals surface area (Å²) < 4.78 is 0.789. The van der Waals surface area contributed by atoms with Gasteiger partial charge in [0, 0.05) is 9.86 Å². The molecule has 0 aliphatic rings. The summed E-state index contributed by atoms with van der Waals surface area (Å²) in [6.07, 6.45) is 0. The Morgan fingerprint density at radius 3 is 2.03 bits per heavy atom. The van der Waals surface area contributed by atoms with Gasteiger partial charge in [-0.15, -0.1) is 10.2 Å². The van der Waals surface area contributed by atoms with Crippen molar-refractivity contribution in [2.24, 2.45) is 10.2 Å². The third kappa shape index (κ3) is 3.89. The predicted molar refractivity (Wildman–Crippen MR) is 123 cm³/mol. The first-order valence-corrected chi connectivity index (χ1v) is 10.4. The van der Waals surface area contributed by atoms with Crippen LogP contribution in [0.15, 0.2) is 81.4 Å². The Kier molecular flexibility index (Phi) is 5.47. The number of carbonyl (C=O) groups excluding carboxylic acids is 1. The molecule has 0 atom stereocenters. The number of aliphatic hydroxyl groups is 1. The molecule has 0 aliphatic heterocycles. The Morgan fingerprint density at radius 1 is 0.935 bits per heavy atom. The number of nitrogens with zero attached hydrogens (tertiary/aromatic N) is 2. The van der Waals surface area contributed by atoms with E-state index in [1.807, 2.05) is 44.2 Å². The average molecular weight is 478 g/mol. The van der Waals surface area contributed by atoms with Gasteiger partial charge >= 0.3 is 5.91 Å². The van der Waals surface area contributed by atoms with Crippen molar-refractivity contribution in [3.05, 3.63) is 93.5 Å². The van der Waals surface area contributed by atoms with E-state index in [2.05, 4.69) is 31.1 Å². The lowest BCUT2D eigenvalue weighted by Crippen LogP contribution is -2.35. The maximum Gasteiger partial charge on any atom is 0.305 e. The lowest BCUT2D eigenvalue weighted by molar-refractivity contribution is -0.133. The number of nitrogens with one attached hydrogen (secondary N) is 1. The summed E-state index contributed by atoms with van der Waals surface area (Å²) >= 11 is 3.39. The Hall–Kier alpha value is -3.29. The summed E-state index contributed by atoms with van der Waals surface area (Å²) in [5, 5.41) is 30.2. The van der Waals surface area contributed by atoms with Crippen molar-refractivity contribution in [3.63, 3.8) is 0 Å². The highest BCUT2D eigenvalue weighted by Crippen LogP contribution is 2.38. The molecule has 3 aromatic carbocycles. The van der Waals surface area contributed by atoms with Crippen molar-refractivity contribution in [2.45, 2.75) is 19.4 Å². The highest BCUT2D eigenvalue weighted by atomic mass is 79.9. The molecule has 0 saturated heterocycles. The van der Waals surface area contributed by atoms with Crippen molar-refractivity contribution in [1.29, 1.82) is 0 Å². The monoisotopic (exact) mass is 477 g/mol. The van der Waals surface area contributed by atoms with Gasteiger partial charge in [0.2, 0.25) is 5.88 Å². The van der Waals surface area contributed by atoms with E-state index < -0.39 is 11.5 Å². The summed E-state index contributed by atoms with van der Waals surface area (Å²) in [5.74, 6) is -1.07. The minimum absolute atomic E-state index is 0.125. The second-order valence-corrected chi connectivity index (χ2v) is 8.38. The van der Waals surface area contributed by atoms with Crippen LogP contribution in [0, 0.1) is 13.8 Å². The Morgan fingerprint density at radius 2 is 1.48 bits per heavy atom. The van der Waals surface area contributed by atoms with Crippen molar-refractivity contribution in [1.82, 2.24) is 4.98 Å². The Bertz CT molecular complexity index is 1250. The van der Waals surface area contributed by atoms with Crippen LogP contribution in [0.5, 0.6) is 5.88 Å². The van der Waals surface area contributed by atoms with Gasteiger partial charge in [-0.2, -0.15) is 0 Å². The number of aromatic hydroxyl groups is 1. The molecule has 4 rings (SSSR count). The molecule has 31 heavy (non-hydrogen) atoms. The number of fused-ring (bicyclic) bond motifs is 1. The number of aromatic nitrogens is 1. The van der Waals surface area contributed by atoms with Gasteiger partial charge in [0.15, 0.2) is 11.3 Å². The topological polar surface area (TPSA) is 98.0 Å². The molecule has 1 amide bonds.